The van der Waals surface area contributed by atoms with Gasteiger partial charge in [0.05, 0.1) is 17.3 Å². The molecule has 0 aliphatic carbocycles. The number of hydrogen-bond donors (Lipinski definition) is 0. The highest BCUT2D eigenvalue weighted by Gasteiger charge is 2.01. The maximum absolute atomic E-state index is 8.77. The van der Waals surface area contributed by atoms with Crippen LogP contribution in [0.2, 0.25) is 0 Å². The molecular weight excluding hydrogens is 174 g/mol. The van der Waals surface area contributed by atoms with E-state index in [1.54, 1.807) is 10.9 Å². The second kappa shape index (κ2) is 3.35. The summed E-state index contributed by atoms with van der Waals surface area (Å²) >= 11 is 0. The zero-order chi connectivity index (χ0) is 9.97. The number of benzene rings is 1. The van der Waals surface area contributed by atoms with Gasteiger partial charge in [-0.25, -0.2) is 4.68 Å². The number of nitrogens with zero attached hydrogens (tertiary/aromatic N) is 3. The van der Waals surface area contributed by atoms with Gasteiger partial charge in [0.1, 0.15) is 0 Å². The summed E-state index contributed by atoms with van der Waals surface area (Å²) in [5.74, 6) is 0. The van der Waals surface area contributed by atoms with E-state index in [9.17, 15) is 0 Å². The van der Waals surface area contributed by atoms with Gasteiger partial charge in [0.15, 0.2) is 0 Å². The van der Waals surface area contributed by atoms with Gasteiger partial charge >= 0.3 is 0 Å². The van der Waals surface area contributed by atoms with Crippen LogP contribution in [0.1, 0.15) is 11.1 Å². The van der Waals surface area contributed by atoms with Gasteiger partial charge in [0, 0.05) is 12.4 Å². The number of aromatic nitrogens is 2. The van der Waals surface area contributed by atoms with Crippen LogP contribution in [0.5, 0.6) is 0 Å². The lowest BCUT2D eigenvalue weighted by atomic mass is 10.1. The third kappa shape index (κ3) is 1.38. The first kappa shape index (κ1) is 8.52. The van der Waals surface area contributed by atoms with Crippen molar-refractivity contribution in [3.05, 3.63) is 47.8 Å². The molecule has 0 amide bonds. The van der Waals surface area contributed by atoms with Crippen LogP contribution >= 0.6 is 0 Å². The predicted molar refractivity (Wildman–Crippen MR) is 53.0 cm³/mol. The average molecular weight is 183 g/mol. The summed E-state index contributed by atoms with van der Waals surface area (Å²) in [6.45, 7) is 2.00. The number of aryl methyl sites for hydroxylation is 1. The molecule has 2 rings (SSSR count). The Labute approximate surface area is 82.2 Å². The Morgan fingerprint density at radius 3 is 2.93 bits per heavy atom. The largest absolute Gasteiger partial charge is 0.241 e. The molecule has 0 atom stereocenters. The monoisotopic (exact) mass is 183 g/mol. The van der Waals surface area contributed by atoms with E-state index >= 15 is 0 Å². The Kier molecular flexibility index (Phi) is 2.04. The molecule has 0 saturated heterocycles. The van der Waals surface area contributed by atoms with E-state index in [0.717, 1.165) is 11.3 Å². The van der Waals surface area contributed by atoms with Crippen molar-refractivity contribution in [2.24, 2.45) is 0 Å². The van der Waals surface area contributed by atoms with Gasteiger partial charge in [-0.3, -0.25) is 0 Å². The normalized spacial score (nSPS) is 9.71. The van der Waals surface area contributed by atoms with Crippen LogP contribution in [0.25, 0.3) is 5.69 Å². The van der Waals surface area contributed by atoms with Gasteiger partial charge in [-0.1, -0.05) is 6.07 Å². The van der Waals surface area contributed by atoms with Gasteiger partial charge < -0.3 is 0 Å². The van der Waals surface area contributed by atoms with Crippen LogP contribution in [0, 0.1) is 18.3 Å². The second-order valence-corrected chi connectivity index (χ2v) is 3.06. The van der Waals surface area contributed by atoms with Crippen molar-refractivity contribution in [3.8, 4) is 11.8 Å². The molecule has 0 fully saturated rings. The van der Waals surface area contributed by atoms with Crippen molar-refractivity contribution in [2.45, 2.75) is 6.92 Å². The topological polar surface area (TPSA) is 41.6 Å². The van der Waals surface area contributed by atoms with Crippen molar-refractivity contribution in [2.75, 3.05) is 0 Å². The predicted octanol–water partition coefficient (Wildman–Crippen LogP) is 2.05. The zero-order valence-electron chi connectivity index (χ0n) is 7.81. The van der Waals surface area contributed by atoms with Gasteiger partial charge in [0.25, 0.3) is 0 Å². The third-order valence-corrected chi connectivity index (χ3v) is 2.09. The zero-order valence-corrected chi connectivity index (χ0v) is 7.81. The Bertz CT molecular complexity index is 478. The summed E-state index contributed by atoms with van der Waals surface area (Å²) in [4.78, 5) is 0. The summed E-state index contributed by atoms with van der Waals surface area (Å²) in [6, 6.07) is 9.54. The molecule has 1 heterocycles. The lowest BCUT2D eigenvalue weighted by Gasteiger charge is -2.05. The number of hydrogen-bond acceptors (Lipinski definition) is 2. The maximum Gasteiger partial charge on any atom is 0.0992 e. The molecule has 0 saturated carbocycles. The van der Waals surface area contributed by atoms with E-state index in [1.165, 1.54) is 0 Å². The molecule has 3 nitrogen and oxygen atoms in total. The van der Waals surface area contributed by atoms with E-state index in [-0.39, 0.29) is 0 Å². The lowest BCUT2D eigenvalue weighted by molar-refractivity contribution is 0.872. The van der Waals surface area contributed by atoms with Gasteiger partial charge in [-0.2, -0.15) is 10.4 Å². The molecule has 0 aliphatic heterocycles. The van der Waals surface area contributed by atoms with Gasteiger partial charge in [-0.05, 0) is 30.7 Å². The highest BCUT2D eigenvalue weighted by atomic mass is 15.3. The fourth-order valence-corrected chi connectivity index (χ4v) is 1.34. The minimum atomic E-state index is 0.654. The quantitative estimate of drug-likeness (QED) is 0.679. The highest BCUT2D eigenvalue weighted by molar-refractivity contribution is 5.46. The lowest BCUT2D eigenvalue weighted by Crippen LogP contribution is -1.97. The highest BCUT2D eigenvalue weighted by Crippen LogP contribution is 2.14. The van der Waals surface area contributed by atoms with Crippen LogP contribution in [0.3, 0.4) is 0 Å². The standard InChI is InChI=1S/C11H9N3/c1-9-3-4-10(8-12)7-11(9)14-6-2-5-13-14/h2-7H,1H3. The summed E-state index contributed by atoms with van der Waals surface area (Å²) in [5, 5.41) is 12.9. The van der Waals surface area contributed by atoms with Crippen molar-refractivity contribution in [1.29, 1.82) is 5.26 Å². The van der Waals surface area contributed by atoms with Crippen molar-refractivity contribution in [1.82, 2.24) is 9.78 Å². The molecule has 68 valence electrons. The fraction of sp³-hybridized carbons (Fsp3) is 0.0909. The molecular formula is C11H9N3. The summed E-state index contributed by atoms with van der Waals surface area (Å²) in [6.07, 6.45) is 3.59. The minimum Gasteiger partial charge on any atom is -0.241 e. The molecule has 0 bridgehead atoms. The van der Waals surface area contributed by atoms with Crippen LogP contribution in [-0.4, -0.2) is 9.78 Å². The van der Waals surface area contributed by atoms with Crippen molar-refractivity contribution in [3.63, 3.8) is 0 Å². The first-order valence-electron chi connectivity index (χ1n) is 4.32. The molecule has 0 N–H and O–H groups in total. The van der Waals surface area contributed by atoms with Crippen molar-refractivity contribution < 1.29 is 0 Å². The molecule has 14 heavy (non-hydrogen) atoms. The van der Waals surface area contributed by atoms with Crippen LogP contribution in [-0.2, 0) is 0 Å². The van der Waals surface area contributed by atoms with Crippen LogP contribution in [0.15, 0.2) is 36.7 Å². The summed E-state index contributed by atoms with van der Waals surface area (Å²) in [5.41, 5.74) is 2.71. The average Bonchev–Trinajstić information content (AvgIpc) is 2.71. The Balaban J connectivity index is 2.58. The molecule has 1 aromatic heterocycles. The number of rotatable bonds is 1. The molecule has 2 aromatic rings. The fourth-order valence-electron chi connectivity index (χ4n) is 1.34. The molecule has 0 radical (unpaired) electrons. The Hall–Kier alpha value is -2.08. The second-order valence-electron chi connectivity index (χ2n) is 3.06. The first-order chi connectivity index (χ1) is 6.81. The number of nitriles is 1. The van der Waals surface area contributed by atoms with E-state index in [1.807, 2.05) is 37.4 Å². The first-order valence-corrected chi connectivity index (χ1v) is 4.32. The molecule has 3 heteroatoms. The smallest absolute Gasteiger partial charge is 0.0992 e. The van der Waals surface area contributed by atoms with E-state index in [0.29, 0.717) is 5.56 Å². The molecule has 0 unspecified atom stereocenters. The van der Waals surface area contributed by atoms with Crippen LogP contribution < -0.4 is 0 Å². The van der Waals surface area contributed by atoms with E-state index in [4.69, 9.17) is 5.26 Å². The van der Waals surface area contributed by atoms with Gasteiger partial charge in [0.2, 0.25) is 0 Å². The Morgan fingerprint density at radius 2 is 2.29 bits per heavy atom. The van der Waals surface area contributed by atoms with E-state index in [2.05, 4.69) is 11.2 Å². The third-order valence-electron chi connectivity index (χ3n) is 2.09. The molecule has 1 aromatic carbocycles. The molecule has 0 spiro atoms. The molecule has 0 aliphatic rings. The maximum atomic E-state index is 8.77. The van der Waals surface area contributed by atoms with Crippen LogP contribution in [0.4, 0.5) is 0 Å². The van der Waals surface area contributed by atoms with E-state index < -0.39 is 0 Å². The summed E-state index contributed by atoms with van der Waals surface area (Å²) in [7, 11) is 0. The minimum absolute atomic E-state index is 0.654. The Morgan fingerprint density at radius 1 is 1.43 bits per heavy atom. The SMILES string of the molecule is Cc1ccc(C#N)cc1-n1cccn1. The summed E-state index contributed by atoms with van der Waals surface area (Å²) < 4.78 is 1.76. The van der Waals surface area contributed by atoms with Gasteiger partial charge in [-0.15, -0.1) is 0 Å². The van der Waals surface area contributed by atoms with Crippen molar-refractivity contribution >= 4 is 0 Å².